The maximum atomic E-state index is 15.0. The molecule has 0 fully saturated rings. The van der Waals surface area contributed by atoms with Gasteiger partial charge in [-0.05, 0) is 61.7 Å². The molecule has 0 radical (unpaired) electrons. The van der Waals surface area contributed by atoms with E-state index >= 15 is 4.39 Å². The van der Waals surface area contributed by atoms with Crippen LogP contribution in [0.3, 0.4) is 0 Å². The third kappa shape index (κ3) is 8.29. The first-order chi connectivity index (χ1) is 21.5. The van der Waals surface area contributed by atoms with Gasteiger partial charge in [-0.2, -0.15) is 0 Å². The lowest BCUT2D eigenvalue weighted by atomic mass is 10.0. The summed E-state index contributed by atoms with van der Waals surface area (Å²) in [5.74, 6) is -1.64. The zero-order valence-electron chi connectivity index (χ0n) is 25.5. The minimum absolute atomic E-state index is 0.0116. The Morgan fingerprint density at radius 1 is 0.889 bits per heavy atom. The summed E-state index contributed by atoms with van der Waals surface area (Å²) in [5.41, 5.74) is 2.53. The van der Waals surface area contributed by atoms with Gasteiger partial charge in [-0.3, -0.25) is 13.9 Å². The number of benzene rings is 4. The molecule has 0 unspecified atom stereocenters. The number of rotatable bonds is 13. The van der Waals surface area contributed by atoms with E-state index in [1.807, 2.05) is 44.2 Å². The van der Waals surface area contributed by atoms with E-state index < -0.39 is 40.2 Å². The molecule has 1 N–H and O–H groups in total. The Balaban J connectivity index is 1.83. The van der Waals surface area contributed by atoms with Crippen LogP contribution in [0, 0.1) is 19.7 Å². The normalized spacial score (nSPS) is 11.9. The van der Waals surface area contributed by atoms with Gasteiger partial charge in [0.2, 0.25) is 11.8 Å². The molecule has 4 aromatic rings. The maximum Gasteiger partial charge on any atom is 0.264 e. The third-order valence-corrected chi connectivity index (χ3v) is 9.70. The Hall–Kier alpha value is -4.21. The van der Waals surface area contributed by atoms with E-state index in [-0.39, 0.29) is 29.1 Å². The fourth-order valence-corrected chi connectivity index (χ4v) is 6.59. The quantitative estimate of drug-likeness (QED) is 0.180. The second-order valence-electron chi connectivity index (χ2n) is 10.8. The molecule has 45 heavy (non-hydrogen) atoms. The molecule has 2 amide bonds. The van der Waals surface area contributed by atoms with Gasteiger partial charge < -0.3 is 10.2 Å². The molecular formula is C35H37ClFN3O4S. The van der Waals surface area contributed by atoms with Gasteiger partial charge in [-0.15, -0.1) is 0 Å². The lowest BCUT2D eigenvalue weighted by Crippen LogP contribution is -2.53. The Bertz CT molecular complexity index is 1730. The van der Waals surface area contributed by atoms with Crippen LogP contribution in [-0.4, -0.2) is 44.3 Å². The zero-order chi connectivity index (χ0) is 32.6. The molecule has 0 saturated heterocycles. The summed E-state index contributed by atoms with van der Waals surface area (Å²) < 4.78 is 44.4. The van der Waals surface area contributed by atoms with Crippen LogP contribution in [0.1, 0.15) is 35.6 Å². The number of hydrogen-bond donors (Lipinski definition) is 1. The highest BCUT2D eigenvalue weighted by molar-refractivity contribution is 7.92. The molecule has 0 aliphatic heterocycles. The highest BCUT2D eigenvalue weighted by atomic mass is 35.5. The average Bonchev–Trinajstić information content (AvgIpc) is 3.03. The molecule has 0 heterocycles. The summed E-state index contributed by atoms with van der Waals surface area (Å²) in [7, 11) is -4.29. The third-order valence-electron chi connectivity index (χ3n) is 7.51. The maximum absolute atomic E-state index is 15.0. The van der Waals surface area contributed by atoms with Crippen molar-refractivity contribution < 1.29 is 22.4 Å². The minimum atomic E-state index is -4.29. The number of nitrogens with zero attached hydrogens (tertiary/aromatic N) is 2. The summed E-state index contributed by atoms with van der Waals surface area (Å²) in [6.45, 7) is 4.90. The van der Waals surface area contributed by atoms with Gasteiger partial charge in [0.05, 0.1) is 10.6 Å². The molecule has 0 bridgehead atoms. The smallest absolute Gasteiger partial charge is 0.264 e. The van der Waals surface area contributed by atoms with Crippen LogP contribution in [0.5, 0.6) is 0 Å². The topological polar surface area (TPSA) is 86.8 Å². The van der Waals surface area contributed by atoms with Gasteiger partial charge in [0.15, 0.2) is 0 Å². The van der Waals surface area contributed by atoms with Crippen molar-refractivity contribution in [3.8, 4) is 0 Å². The minimum Gasteiger partial charge on any atom is -0.354 e. The Labute approximate surface area is 269 Å². The van der Waals surface area contributed by atoms with Crippen molar-refractivity contribution in [1.82, 2.24) is 10.2 Å². The lowest BCUT2D eigenvalue weighted by molar-refractivity contribution is -0.140. The highest BCUT2D eigenvalue weighted by Gasteiger charge is 2.35. The number of carbonyl (C=O) groups is 2. The van der Waals surface area contributed by atoms with Crippen molar-refractivity contribution in [2.75, 3.05) is 17.4 Å². The molecule has 0 saturated carbocycles. The molecule has 10 heteroatoms. The molecular weight excluding hydrogens is 613 g/mol. The largest absolute Gasteiger partial charge is 0.354 e. The number of carbonyl (C=O) groups excluding carboxylic acids is 2. The van der Waals surface area contributed by atoms with Gasteiger partial charge >= 0.3 is 0 Å². The number of halogens is 2. The standard InChI is InChI=1S/C35H37ClFN3O4S/c1-4-21-38-35(42)33(22-27-11-6-5-7-12-27)39(23-28-13-8-9-15-31(28)37)34(41)24-40(32-16-10-14-30(36)26(32)3)45(43,44)29-19-17-25(2)18-20-29/h5-20,33H,4,21-24H2,1-3H3,(H,38,42)/t33-/m0/s1. The second kappa shape index (κ2) is 15.2. The molecule has 4 aromatic carbocycles. The van der Waals surface area contributed by atoms with Gasteiger partial charge in [0.1, 0.15) is 18.4 Å². The van der Waals surface area contributed by atoms with Crippen LogP contribution in [0.2, 0.25) is 5.02 Å². The molecule has 236 valence electrons. The van der Waals surface area contributed by atoms with E-state index in [1.165, 1.54) is 29.2 Å². The molecule has 0 aromatic heterocycles. The number of hydrogen-bond acceptors (Lipinski definition) is 4. The van der Waals surface area contributed by atoms with E-state index in [2.05, 4.69) is 5.32 Å². The Morgan fingerprint density at radius 3 is 2.22 bits per heavy atom. The van der Waals surface area contributed by atoms with Gasteiger partial charge in [-0.25, -0.2) is 12.8 Å². The number of amides is 2. The summed E-state index contributed by atoms with van der Waals surface area (Å²) in [6, 6.07) is 25.3. The number of sulfonamides is 1. The van der Waals surface area contributed by atoms with Crippen LogP contribution >= 0.6 is 11.6 Å². The Morgan fingerprint density at radius 2 is 1.56 bits per heavy atom. The number of aryl methyl sites for hydroxylation is 1. The molecule has 7 nitrogen and oxygen atoms in total. The first-order valence-electron chi connectivity index (χ1n) is 14.7. The first-order valence-corrected chi connectivity index (χ1v) is 16.5. The van der Waals surface area contributed by atoms with Crippen LogP contribution in [0.25, 0.3) is 0 Å². The molecule has 1 atom stereocenters. The van der Waals surface area contributed by atoms with Crippen LogP contribution in [0.15, 0.2) is 102 Å². The van der Waals surface area contributed by atoms with Crippen molar-refractivity contribution in [3.63, 3.8) is 0 Å². The van der Waals surface area contributed by atoms with Crippen LogP contribution < -0.4 is 9.62 Å². The van der Waals surface area contributed by atoms with Crippen LogP contribution in [0.4, 0.5) is 10.1 Å². The fraction of sp³-hybridized carbons (Fsp3) is 0.257. The van der Waals surface area contributed by atoms with E-state index in [0.717, 1.165) is 15.4 Å². The fourth-order valence-electron chi connectivity index (χ4n) is 4.95. The van der Waals surface area contributed by atoms with Crippen molar-refractivity contribution in [2.24, 2.45) is 0 Å². The van der Waals surface area contributed by atoms with Crippen molar-refractivity contribution in [1.29, 1.82) is 0 Å². The second-order valence-corrected chi connectivity index (χ2v) is 13.1. The lowest BCUT2D eigenvalue weighted by Gasteiger charge is -2.34. The van der Waals surface area contributed by atoms with Crippen molar-refractivity contribution in [3.05, 3.63) is 130 Å². The first kappa shape index (κ1) is 33.7. The highest BCUT2D eigenvalue weighted by Crippen LogP contribution is 2.31. The summed E-state index contributed by atoms with van der Waals surface area (Å²) in [4.78, 5) is 29.4. The van der Waals surface area contributed by atoms with E-state index in [0.29, 0.717) is 23.6 Å². The average molecular weight is 650 g/mol. The predicted molar refractivity (Wildman–Crippen MR) is 176 cm³/mol. The number of anilines is 1. The van der Waals surface area contributed by atoms with E-state index in [4.69, 9.17) is 11.6 Å². The van der Waals surface area contributed by atoms with Gasteiger partial charge in [-0.1, -0.05) is 90.8 Å². The molecule has 0 aliphatic rings. The van der Waals surface area contributed by atoms with Crippen molar-refractivity contribution >= 4 is 39.1 Å². The molecule has 0 aliphatic carbocycles. The summed E-state index contributed by atoms with van der Waals surface area (Å²) in [6.07, 6.45) is 0.805. The summed E-state index contributed by atoms with van der Waals surface area (Å²) in [5, 5.41) is 3.20. The number of nitrogens with one attached hydrogen (secondary N) is 1. The zero-order valence-corrected chi connectivity index (χ0v) is 27.1. The predicted octanol–water partition coefficient (Wildman–Crippen LogP) is 6.46. The molecule has 0 spiro atoms. The SMILES string of the molecule is CCCNC(=O)[C@H](Cc1ccccc1)N(Cc1ccccc1F)C(=O)CN(c1cccc(Cl)c1C)S(=O)(=O)c1ccc(C)cc1. The monoisotopic (exact) mass is 649 g/mol. The van der Waals surface area contributed by atoms with Crippen LogP contribution in [-0.2, 0) is 32.6 Å². The van der Waals surface area contributed by atoms with Crippen molar-refractivity contribution in [2.45, 2.75) is 51.1 Å². The van der Waals surface area contributed by atoms with E-state index in [1.54, 1.807) is 49.4 Å². The van der Waals surface area contributed by atoms with Gasteiger partial charge in [0, 0.05) is 30.1 Å². The van der Waals surface area contributed by atoms with Gasteiger partial charge in [0.25, 0.3) is 10.0 Å². The molecule has 4 rings (SSSR count). The summed E-state index contributed by atoms with van der Waals surface area (Å²) >= 11 is 6.42. The Kier molecular flexibility index (Phi) is 11.4. The van der Waals surface area contributed by atoms with E-state index in [9.17, 15) is 18.0 Å².